The molecule has 4 rings (SSSR count). The number of rotatable bonds is 5. The van der Waals surface area contributed by atoms with Gasteiger partial charge in [-0.1, -0.05) is 65.2 Å². The summed E-state index contributed by atoms with van der Waals surface area (Å²) in [5.74, 6) is 0.711. The van der Waals surface area contributed by atoms with Gasteiger partial charge in [-0.15, -0.1) is 6.58 Å². The predicted octanol–water partition coefficient (Wildman–Crippen LogP) is 7.08. The lowest BCUT2D eigenvalue weighted by Gasteiger charge is -2.13. The molecule has 2 aromatic carbocycles. The van der Waals surface area contributed by atoms with Crippen LogP contribution in [0.25, 0.3) is 33.9 Å². The van der Waals surface area contributed by atoms with Crippen molar-refractivity contribution in [1.82, 2.24) is 14.5 Å². The van der Waals surface area contributed by atoms with Crippen molar-refractivity contribution in [1.29, 1.82) is 0 Å². The van der Waals surface area contributed by atoms with Crippen molar-refractivity contribution in [3.8, 4) is 33.9 Å². The molecule has 29 heavy (non-hydrogen) atoms. The van der Waals surface area contributed by atoms with E-state index < -0.39 is 0 Å². The van der Waals surface area contributed by atoms with Crippen LogP contribution < -0.4 is 0 Å². The maximum absolute atomic E-state index is 6.54. The van der Waals surface area contributed by atoms with Crippen LogP contribution in [0.5, 0.6) is 0 Å². The van der Waals surface area contributed by atoms with Gasteiger partial charge in [-0.25, -0.2) is 4.98 Å². The minimum Gasteiger partial charge on any atom is -0.319 e. The van der Waals surface area contributed by atoms with Crippen LogP contribution in [0.1, 0.15) is 5.56 Å². The van der Waals surface area contributed by atoms with Crippen LogP contribution in [0.4, 0.5) is 0 Å². The number of hydrogen-bond acceptors (Lipinski definition) is 2. The van der Waals surface area contributed by atoms with Gasteiger partial charge in [0.05, 0.1) is 27.0 Å². The van der Waals surface area contributed by atoms with Crippen LogP contribution in [0.15, 0.2) is 79.6 Å². The van der Waals surface area contributed by atoms with E-state index in [-0.39, 0.29) is 0 Å². The molecular weight excluding hydrogens is 401 g/mol. The second-order valence-corrected chi connectivity index (χ2v) is 7.54. The average molecular weight is 420 g/mol. The van der Waals surface area contributed by atoms with E-state index in [0.29, 0.717) is 28.0 Å². The second-order valence-electron chi connectivity index (χ2n) is 6.73. The SMILES string of the molecule is C=CCn1c(-c2c(Cl)cccc2Cl)nc(-c2ccncc2)c1-c1ccc(C)cc1. The zero-order valence-corrected chi connectivity index (χ0v) is 17.5. The summed E-state index contributed by atoms with van der Waals surface area (Å²) in [6, 6.07) is 17.8. The first-order valence-electron chi connectivity index (χ1n) is 9.23. The summed E-state index contributed by atoms with van der Waals surface area (Å²) < 4.78 is 2.11. The van der Waals surface area contributed by atoms with Crippen molar-refractivity contribution in [3.63, 3.8) is 0 Å². The van der Waals surface area contributed by atoms with Gasteiger partial charge in [0.15, 0.2) is 0 Å². The highest BCUT2D eigenvalue weighted by molar-refractivity contribution is 6.39. The lowest BCUT2D eigenvalue weighted by molar-refractivity contribution is 0.840. The Hall–Kier alpha value is -2.88. The maximum Gasteiger partial charge on any atom is 0.144 e. The highest BCUT2D eigenvalue weighted by Gasteiger charge is 2.23. The van der Waals surface area contributed by atoms with E-state index >= 15 is 0 Å². The molecule has 0 bridgehead atoms. The lowest BCUT2D eigenvalue weighted by atomic mass is 10.0. The smallest absolute Gasteiger partial charge is 0.144 e. The van der Waals surface area contributed by atoms with Crippen LogP contribution in [0.2, 0.25) is 10.0 Å². The molecule has 0 saturated heterocycles. The average Bonchev–Trinajstić information content (AvgIpc) is 3.08. The number of allylic oxidation sites excluding steroid dienone is 1. The summed E-state index contributed by atoms with van der Waals surface area (Å²) in [7, 11) is 0. The number of pyridine rings is 1. The van der Waals surface area contributed by atoms with Crippen molar-refractivity contribution >= 4 is 23.2 Å². The first-order chi connectivity index (χ1) is 14.1. The van der Waals surface area contributed by atoms with Crippen LogP contribution in [0.3, 0.4) is 0 Å². The quantitative estimate of drug-likeness (QED) is 0.323. The molecular formula is C24H19Cl2N3. The number of halogens is 2. The van der Waals surface area contributed by atoms with E-state index in [9.17, 15) is 0 Å². The Morgan fingerprint density at radius 3 is 2.21 bits per heavy atom. The molecule has 2 aromatic heterocycles. The zero-order chi connectivity index (χ0) is 20.4. The van der Waals surface area contributed by atoms with Gasteiger partial charge < -0.3 is 4.57 Å². The van der Waals surface area contributed by atoms with Gasteiger partial charge in [0.2, 0.25) is 0 Å². The summed E-state index contributed by atoms with van der Waals surface area (Å²) in [5.41, 5.74) is 5.79. The number of aromatic nitrogens is 3. The molecule has 0 saturated carbocycles. The lowest BCUT2D eigenvalue weighted by Crippen LogP contribution is -2.02. The third-order valence-corrected chi connectivity index (χ3v) is 5.37. The minimum atomic E-state index is 0.560. The molecule has 0 spiro atoms. The van der Waals surface area contributed by atoms with Gasteiger partial charge in [-0.2, -0.15) is 0 Å². The highest BCUT2D eigenvalue weighted by Crippen LogP contribution is 2.40. The van der Waals surface area contributed by atoms with Gasteiger partial charge >= 0.3 is 0 Å². The molecule has 0 N–H and O–H groups in total. The fourth-order valence-corrected chi connectivity index (χ4v) is 3.94. The summed E-state index contributed by atoms with van der Waals surface area (Å²) in [5, 5.41) is 1.12. The Morgan fingerprint density at radius 2 is 1.59 bits per heavy atom. The number of aryl methyl sites for hydroxylation is 1. The highest BCUT2D eigenvalue weighted by atomic mass is 35.5. The van der Waals surface area contributed by atoms with Crippen molar-refractivity contribution in [2.45, 2.75) is 13.5 Å². The topological polar surface area (TPSA) is 30.7 Å². The van der Waals surface area contributed by atoms with Gasteiger partial charge in [0, 0.05) is 30.1 Å². The summed E-state index contributed by atoms with van der Waals surface area (Å²) >= 11 is 13.1. The molecule has 144 valence electrons. The fraction of sp³-hybridized carbons (Fsp3) is 0.0833. The number of nitrogens with zero attached hydrogens (tertiary/aromatic N) is 3. The number of hydrogen-bond donors (Lipinski definition) is 0. The molecule has 0 atom stereocenters. The van der Waals surface area contributed by atoms with Crippen molar-refractivity contribution in [2.24, 2.45) is 0 Å². The largest absolute Gasteiger partial charge is 0.319 e. The van der Waals surface area contributed by atoms with Crippen LogP contribution in [0, 0.1) is 6.92 Å². The number of benzene rings is 2. The third-order valence-electron chi connectivity index (χ3n) is 4.74. The van der Waals surface area contributed by atoms with Crippen molar-refractivity contribution in [3.05, 3.63) is 95.3 Å². The van der Waals surface area contributed by atoms with Gasteiger partial charge in [-0.05, 0) is 31.2 Å². The third kappa shape index (κ3) is 3.71. The van der Waals surface area contributed by atoms with E-state index in [4.69, 9.17) is 28.2 Å². The van der Waals surface area contributed by atoms with Crippen LogP contribution >= 0.6 is 23.2 Å². The van der Waals surface area contributed by atoms with Crippen molar-refractivity contribution < 1.29 is 0 Å². The summed E-state index contributed by atoms with van der Waals surface area (Å²) in [4.78, 5) is 9.15. The maximum atomic E-state index is 6.54. The molecule has 0 aliphatic rings. The molecule has 0 unspecified atom stereocenters. The Balaban J connectivity index is 2.08. The molecule has 2 heterocycles. The fourth-order valence-electron chi connectivity index (χ4n) is 3.38. The van der Waals surface area contributed by atoms with E-state index in [1.807, 2.05) is 36.4 Å². The predicted molar refractivity (Wildman–Crippen MR) is 121 cm³/mol. The molecule has 0 aliphatic carbocycles. The first-order valence-corrected chi connectivity index (χ1v) is 9.99. The summed E-state index contributed by atoms with van der Waals surface area (Å²) in [6.45, 7) is 6.58. The van der Waals surface area contributed by atoms with E-state index in [2.05, 4.69) is 47.3 Å². The Labute approximate surface area is 180 Å². The molecule has 4 aromatic rings. The van der Waals surface area contributed by atoms with Crippen LogP contribution in [-0.2, 0) is 6.54 Å². The molecule has 0 radical (unpaired) electrons. The Bertz CT molecular complexity index is 1140. The molecule has 3 nitrogen and oxygen atoms in total. The van der Waals surface area contributed by atoms with E-state index in [1.54, 1.807) is 12.4 Å². The standard InChI is InChI=1S/C24H19Cl2N3/c1-3-15-29-23(18-9-7-16(2)8-10-18)22(17-11-13-27-14-12-17)28-24(29)21-19(25)5-4-6-20(21)26/h3-14H,1,15H2,2H3. The van der Waals surface area contributed by atoms with Crippen molar-refractivity contribution in [2.75, 3.05) is 0 Å². The second kappa shape index (κ2) is 8.24. The molecule has 0 aliphatic heterocycles. The van der Waals surface area contributed by atoms with Gasteiger partial charge in [-0.3, -0.25) is 4.98 Å². The Morgan fingerprint density at radius 1 is 0.931 bits per heavy atom. The van der Waals surface area contributed by atoms with E-state index in [1.165, 1.54) is 5.56 Å². The van der Waals surface area contributed by atoms with Gasteiger partial charge in [0.1, 0.15) is 5.82 Å². The molecule has 0 amide bonds. The first kappa shape index (κ1) is 19.4. The van der Waals surface area contributed by atoms with Gasteiger partial charge in [0.25, 0.3) is 0 Å². The van der Waals surface area contributed by atoms with E-state index in [0.717, 1.165) is 22.5 Å². The summed E-state index contributed by atoms with van der Waals surface area (Å²) in [6.07, 6.45) is 5.38. The Kier molecular flexibility index (Phi) is 5.52. The minimum absolute atomic E-state index is 0.560. The monoisotopic (exact) mass is 419 g/mol. The molecule has 0 fully saturated rings. The zero-order valence-electron chi connectivity index (χ0n) is 15.9. The van der Waals surface area contributed by atoms with Crippen LogP contribution in [-0.4, -0.2) is 14.5 Å². The normalized spacial score (nSPS) is 10.9. The molecule has 5 heteroatoms. The number of imidazole rings is 1.